The van der Waals surface area contributed by atoms with Crippen molar-refractivity contribution in [3.63, 3.8) is 0 Å². The molecule has 0 bridgehead atoms. The third kappa shape index (κ3) is 4.20. The normalized spacial score (nSPS) is 12.1. The predicted octanol–water partition coefficient (Wildman–Crippen LogP) is 2.84. The van der Waals surface area contributed by atoms with Crippen molar-refractivity contribution in [2.75, 3.05) is 0 Å². The molecule has 1 atom stereocenters. The van der Waals surface area contributed by atoms with Crippen LogP contribution in [0.15, 0.2) is 58.3 Å². The summed E-state index contributed by atoms with van der Waals surface area (Å²) >= 11 is 1.21. The number of nitrogens with two attached hydrogens (primary N) is 1. The van der Waals surface area contributed by atoms with Crippen LogP contribution in [-0.2, 0) is 4.79 Å². The molecule has 0 fully saturated rings. The standard InChI is InChI=1S/C18H19N5O3S/c1-11(2)14(16(24)20-17(19)25)27-18-22-21-15(13-9-6-10-26-13)23(18)12-7-4-3-5-8-12/h3-11,14H,1-2H3,(H3,19,20,24,25). The zero-order valence-electron chi connectivity index (χ0n) is 14.8. The summed E-state index contributed by atoms with van der Waals surface area (Å²) < 4.78 is 7.29. The molecule has 3 amide bonds. The van der Waals surface area contributed by atoms with Gasteiger partial charge in [-0.3, -0.25) is 14.7 Å². The Kier molecular flexibility index (Phi) is 5.60. The number of hydrogen-bond acceptors (Lipinski definition) is 6. The Morgan fingerprint density at radius 2 is 1.89 bits per heavy atom. The SMILES string of the molecule is CC(C)C(Sc1nnc(-c2ccco2)n1-c1ccccc1)C(=O)NC(N)=O. The summed E-state index contributed by atoms with van der Waals surface area (Å²) in [6.07, 6.45) is 1.56. The summed E-state index contributed by atoms with van der Waals surface area (Å²) in [4.78, 5) is 23.4. The molecule has 0 spiro atoms. The van der Waals surface area contributed by atoms with Gasteiger partial charge < -0.3 is 10.2 Å². The third-order valence-corrected chi connectivity index (χ3v) is 5.22. The minimum atomic E-state index is -0.882. The first-order chi connectivity index (χ1) is 13.0. The van der Waals surface area contributed by atoms with E-state index in [9.17, 15) is 9.59 Å². The van der Waals surface area contributed by atoms with E-state index < -0.39 is 17.2 Å². The number of rotatable bonds is 6. The van der Waals surface area contributed by atoms with Crippen LogP contribution in [0.25, 0.3) is 17.3 Å². The third-order valence-electron chi connectivity index (χ3n) is 3.73. The van der Waals surface area contributed by atoms with Gasteiger partial charge in [-0.2, -0.15) is 0 Å². The van der Waals surface area contributed by atoms with Crippen molar-refractivity contribution < 1.29 is 14.0 Å². The van der Waals surface area contributed by atoms with Crippen LogP contribution in [0.2, 0.25) is 0 Å². The smallest absolute Gasteiger partial charge is 0.318 e. The van der Waals surface area contributed by atoms with Crippen LogP contribution in [-0.4, -0.2) is 32.0 Å². The second-order valence-corrected chi connectivity index (χ2v) is 7.20. The fourth-order valence-electron chi connectivity index (χ4n) is 2.52. The van der Waals surface area contributed by atoms with E-state index in [0.29, 0.717) is 16.7 Å². The average molecular weight is 385 g/mol. The van der Waals surface area contributed by atoms with Gasteiger partial charge in [0.05, 0.1) is 11.5 Å². The second-order valence-electron chi connectivity index (χ2n) is 6.09. The lowest BCUT2D eigenvalue weighted by Gasteiger charge is -2.19. The summed E-state index contributed by atoms with van der Waals surface area (Å²) in [5.74, 6) is 0.541. The summed E-state index contributed by atoms with van der Waals surface area (Å²) in [6, 6.07) is 12.2. The van der Waals surface area contributed by atoms with Gasteiger partial charge in [-0.15, -0.1) is 10.2 Å². The molecule has 0 saturated carbocycles. The fourth-order valence-corrected chi connectivity index (χ4v) is 3.57. The van der Waals surface area contributed by atoms with Crippen LogP contribution in [0, 0.1) is 5.92 Å². The van der Waals surface area contributed by atoms with Crippen LogP contribution in [0.3, 0.4) is 0 Å². The van der Waals surface area contributed by atoms with Crippen LogP contribution in [0.4, 0.5) is 4.79 Å². The quantitative estimate of drug-likeness (QED) is 0.630. The number of carbonyl (C=O) groups is 2. The maximum Gasteiger partial charge on any atom is 0.318 e. The first kappa shape index (κ1) is 18.7. The van der Waals surface area contributed by atoms with Crippen molar-refractivity contribution >= 4 is 23.7 Å². The maximum atomic E-state index is 12.4. The molecule has 2 aromatic heterocycles. The van der Waals surface area contributed by atoms with Crippen molar-refractivity contribution in [1.29, 1.82) is 0 Å². The number of urea groups is 1. The molecule has 0 radical (unpaired) electrons. The predicted molar refractivity (Wildman–Crippen MR) is 101 cm³/mol. The number of carbonyl (C=O) groups excluding carboxylic acids is 2. The summed E-state index contributed by atoms with van der Waals surface area (Å²) in [5.41, 5.74) is 5.92. The molecule has 2 heterocycles. The molecular weight excluding hydrogens is 366 g/mol. The number of benzene rings is 1. The molecule has 8 nitrogen and oxygen atoms in total. The highest BCUT2D eigenvalue weighted by Crippen LogP contribution is 2.32. The van der Waals surface area contributed by atoms with Gasteiger partial charge >= 0.3 is 6.03 Å². The van der Waals surface area contributed by atoms with E-state index in [0.717, 1.165) is 5.69 Å². The Morgan fingerprint density at radius 1 is 1.15 bits per heavy atom. The highest BCUT2D eigenvalue weighted by molar-refractivity contribution is 8.00. The van der Waals surface area contributed by atoms with Gasteiger partial charge in [-0.25, -0.2) is 4.79 Å². The Hall–Kier alpha value is -3.07. The lowest BCUT2D eigenvalue weighted by molar-refractivity contribution is -0.120. The number of para-hydroxylation sites is 1. The van der Waals surface area contributed by atoms with Gasteiger partial charge in [0.25, 0.3) is 0 Å². The van der Waals surface area contributed by atoms with Crippen molar-refractivity contribution in [2.45, 2.75) is 24.3 Å². The van der Waals surface area contributed by atoms with Crippen LogP contribution in [0.5, 0.6) is 0 Å². The lowest BCUT2D eigenvalue weighted by Crippen LogP contribution is -2.42. The monoisotopic (exact) mass is 385 g/mol. The molecular formula is C18H19N5O3S. The van der Waals surface area contributed by atoms with Gasteiger partial charge in [0, 0.05) is 5.69 Å². The summed E-state index contributed by atoms with van der Waals surface area (Å²) in [5, 5.41) is 10.6. The zero-order valence-corrected chi connectivity index (χ0v) is 15.6. The van der Waals surface area contributed by atoms with Crippen LogP contribution < -0.4 is 11.1 Å². The maximum absolute atomic E-state index is 12.4. The van der Waals surface area contributed by atoms with Crippen LogP contribution >= 0.6 is 11.8 Å². The molecule has 27 heavy (non-hydrogen) atoms. The molecule has 9 heteroatoms. The Balaban J connectivity index is 2.02. The van der Waals surface area contributed by atoms with Crippen molar-refractivity contribution in [1.82, 2.24) is 20.1 Å². The molecule has 0 aliphatic heterocycles. The minimum Gasteiger partial charge on any atom is -0.461 e. The number of amides is 3. The first-order valence-electron chi connectivity index (χ1n) is 8.29. The molecule has 0 saturated heterocycles. The molecule has 0 aliphatic rings. The molecule has 0 aliphatic carbocycles. The van der Waals surface area contributed by atoms with Gasteiger partial charge in [-0.05, 0) is 30.2 Å². The number of aromatic nitrogens is 3. The van der Waals surface area contributed by atoms with E-state index in [4.69, 9.17) is 10.2 Å². The topological polar surface area (TPSA) is 116 Å². The second kappa shape index (κ2) is 8.09. The molecule has 1 aromatic carbocycles. The van der Waals surface area contributed by atoms with E-state index in [-0.39, 0.29) is 5.92 Å². The fraction of sp³-hybridized carbons (Fsp3) is 0.222. The molecule has 1 unspecified atom stereocenters. The van der Waals surface area contributed by atoms with Gasteiger partial charge in [0.2, 0.25) is 11.7 Å². The van der Waals surface area contributed by atoms with E-state index in [1.54, 1.807) is 18.4 Å². The highest BCUT2D eigenvalue weighted by atomic mass is 32.2. The average Bonchev–Trinajstić information content (AvgIpc) is 3.28. The zero-order chi connectivity index (χ0) is 19.4. The molecule has 140 valence electrons. The van der Waals surface area contributed by atoms with E-state index >= 15 is 0 Å². The number of hydrogen-bond donors (Lipinski definition) is 2. The number of furan rings is 1. The first-order valence-corrected chi connectivity index (χ1v) is 9.17. The Bertz CT molecular complexity index is 922. The lowest BCUT2D eigenvalue weighted by atomic mass is 10.1. The highest BCUT2D eigenvalue weighted by Gasteiger charge is 2.28. The van der Waals surface area contributed by atoms with Gasteiger partial charge in [0.15, 0.2) is 10.9 Å². The molecule has 3 aromatic rings. The Morgan fingerprint density at radius 3 is 2.48 bits per heavy atom. The van der Waals surface area contributed by atoms with E-state index in [1.165, 1.54) is 11.8 Å². The number of imide groups is 1. The van der Waals surface area contributed by atoms with Gasteiger partial charge in [0.1, 0.15) is 0 Å². The number of nitrogens with zero attached hydrogens (tertiary/aromatic N) is 3. The molecule has 3 rings (SSSR count). The number of thioether (sulfide) groups is 1. The van der Waals surface area contributed by atoms with Crippen molar-refractivity contribution in [3.05, 3.63) is 48.7 Å². The minimum absolute atomic E-state index is 0.0673. The number of nitrogens with one attached hydrogen (secondary N) is 1. The largest absolute Gasteiger partial charge is 0.461 e. The van der Waals surface area contributed by atoms with Crippen LogP contribution in [0.1, 0.15) is 13.8 Å². The summed E-state index contributed by atoms with van der Waals surface area (Å²) in [6.45, 7) is 3.77. The Labute approximate surface area is 160 Å². The van der Waals surface area contributed by atoms with Crippen molar-refractivity contribution in [2.24, 2.45) is 11.7 Å². The van der Waals surface area contributed by atoms with E-state index in [2.05, 4.69) is 15.5 Å². The number of primary amides is 1. The summed E-state index contributed by atoms with van der Waals surface area (Å²) in [7, 11) is 0. The van der Waals surface area contributed by atoms with E-state index in [1.807, 2.05) is 48.7 Å². The molecule has 3 N–H and O–H groups in total. The van der Waals surface area contributed by atoms with Crippen molar-refractivity contribution in [3.8, 4) is 17.3 Å². The van der Waals surface area contributed by atoms with Gasteiger partial charge in [-0.1, -0.05) is 43.8 Å².